The molecule has 0 radical (unpaired) electrons. The zero-order valence-corrected chi connectivity index (χ0v) is 19.7. The van der Waals surface area contributed by atoms with Crippen molar-refractivity contribution in [2.24, 2.45) is 5.73 Å². The number of carbonyl (C=O) groups excluding carboxylic acids is 1. The normalized spacial score (nSPS) is 18.1. The van der Waals surface area contributed by atoms with Crippen LogP contribution in [-0.2, 0) is 29.2 Å². The molecule has 3 aromatic rings. The number of fused-ring (bicyclic) bond motifs is 5. The van der Waals surface area contributed by atoms with E-state index in [0.717, 1.165) is 60.2 Å². The van der Waals surface area contributed by atoms with Gasteiger partial charge in [0.1, 0.15) is 12.4 Å². The maximum absolute atomic E-state index is 13.4. The van der Waals surface area contributed by atoms with Crippen molar-refractivity contribution in [1.29, 1.82) is 0 Å². The smallest absolute Gasteiger partial charge is 0.344 e. The molecule has 34 heavy (non-hydrogen) atoms. The summed E-state index contributed by atoms with van der Waals surface area (Å²) in [6.07, 6.45) is 1.94. The average molecular weight is 481 g/mol. The van der Waals surface area contributed by atoms with Gasteiger partial charge in [0.05, 0.1) is 29.0 Å². The second kappa shape index (κ2) is 8.08. The quantitative estimate of drug-likeness (QED) is 0.440. The zero-order chi connectivity index (χ0) is 23.6. The van der Waals surface area contributed by atoms with E-state index in [4.69, 9.17) is 31.8 Å². The lowest BCUT2D eigenvalue weighted by atomic mass is 9.97. The molecular weight excluding hydrogens is 456 g/mol. The third-order valence-electron chi connectivity index (χ3n) is 7.14. The van der Waals surface area contributed by atoms with Crippen molar-refractivity contribution >= 4 is 28.5 Å². The fraction of sp³-hybridized carbons (Fsp3) is 0.400. The summed E-state index contributed by atoms with van der Waals surface area (Å²) < 4.78 is 12.5. The fourth-order valence-corrected chi connectivity index (χ4v) is 5.32. The molecule has 0 unspecified atom stereocenters. The highest BCUT2D eigenvalue weighted by Gasteiger charge is 2.31. The predicted molar refractivity (Wildman–Crippen MR) is 128 cm³/mol. The Morgan fingerprint density at radius 3 is 2.71 bits per heavy atom. The Kier molecular flexibility index (Phi) is 5.13. The number of hydrogen-bond acceptors (Lipinski definition) is 7. The van der Waals surface area contributed by atoms with Crippen molar-refractivity contribution in [3.05, 3.63) is 55.8 Å². The number of halogens is 1. The molecule has 3 aliphatic rings. The number of nitrogens with two attached hydrogens (primary N) is 1. The number of rotatable bonds is 2. The summed E-state index contributed by atoms with van der Waals surface area (Å²) in [5.74, 6) is -0.107. The molecule has 0 atom stereocenters. The molecule has 8 nitrogen and oxygen atoms in total. The maximum Gasteiger partial charge on any atom is 0.344 e. The number of esters is 1. The molecule has 1 fully saturated rings. The number of nitrogens with zero attached hydrogens (tertiary/aromatic N) is 3. The van der Waals surface area contributed by atoms with Crippen LogP contribution in [0.5, 0.6) is 5.75 Å². The molecule has 0 saturated carbocycles. The van der Waals surface area contributed by atoms with Gasteiger partial charge in [-0.3, -0.25) is 9.69 Å². The molecule has 1 aromatic carbocycles. The van der Waals surface area contributed by atoms with Gasteiger partial charge in [-0.15, -0.1) is 0 Å². The van der Waals surface area contributed by atoms with E-state index in [1.165, 1.54) is 5.56 Å². The van der Waals surface area contributed by atoms with E-state index in [9.17, 15) is 9.59 Å². The minimum Gasteiger partial charge on any atom is -0.481 e. The Morgan fingerprint density at radius 2 is 1.91 bits per heavy atom. The molecule has 176 valence electrons. The number of aromatic nitrogens is 2. The van der Waals surface area contributed by atoms with Crippen molar-refractivity contribution < 1.29 is 14.3 Å². The maximum atomic E-state index is 13.4. The number of benzene rings is 1. The van der Waals surface area contributed by atoms with Gasteiger partial charge in [-0.25, -0.2) is 9.78 Å². The summed E-state index contributed by atoms with van der Waals surface area (Å²) in [6, 6.07) is 6.06. The van der Waals surface area contributed by atoms with Crippen LogP contribution in [0, 0.1) is 6.92 Å². The molecular formula is C25H25ClN4O4. The van der Waals surface area contributed by atoms with Crippen molar-refractivity contribution in [2.45, 2.75) is 45.5 Å². The van der Waals surface area contributed by atoms with Crippen LogP contribution < -0.4 is 16.0 Å². The second-order valence-electron chi connectivity index (χ2n) is 9.36. The van der Waals surface area contributed by atoms with Crippen LogP contribution in [0.4, 0.5) is 0 Å². The van der Waals surface area contributed by atoms with Crippen LogP contribution in [-0.4, -0.2) is 46.2 Å². The summed E-state index contributed by atoms with van der Waals surface area (Å²) in [4.78, 5) is 32.5. The first-order valence-electron chi connectivity index (χ1n) is 11.5. The van der Waals surface area contributed by atoms with E-state index in [2.05, 4.69) is 11.0 Å². The van der Waals surface area contributed by atoms with E-state index in [0.29, 0.717) is 28.6 Å². The van der Waals surface area contributed by atoms with Crippen molar-refractivity contribution in [3.63, 3.8) is 0 Å². The summed E-state index contributed by atoms with van der Waals surface area (Å²) in [5, 5.41) is 1.72. The number of pyridine rings is 2. The Hall–Kier alpha value is -2.94. The second-order valence-corrected chi connectivity index (χ2v) is 9.77. The van der Waals surface area contributed by atoms with Crippen molar-refractivity contribution in [2.75, 3.05) is 19.7 Å². The molecule has 2 aromatic heterocycles. The molecule has 0 bridgehead atoms. The SMILES string of the molecule is Cc1cc2c(CN3CCC(N)CC3)c3c(nc2cc1Cl)-c1cc2c(c(=O)n1C3)COC(=O)CO2. The van der Waals surface area contributed by atoms with E-state index < -0.39 is 5.97 Å². The van der Waals surface area contributed by atoms with E-state index in [1.54, 1.807) is 4.57 Å². The van der Waals surface area contributed by atoms with Gasteiger partial charge in [0.15, 0.2) is 6.61 Å². The number of likely N-dealkylation sites (tertiary alicyclic amines) is 1. The topological polar surface area (TPSA) is 99.7 Å². The number of piperidine rings is 1. The van der Waals surface area contributed by atoms with Crippen LogP contribution in [0.15, 0.2) is 23.0 Å². The van der Waals surface area contributed by atoms with Crippen LogP contribution >= 0.6 is 11.6 Å². The minimum absolute atomic E-state index is 0.0886. The average Bonchev–Trinajstić information content (AvgIpc) is 3.06. The van der Waals surface area contributed by atoms with E-state index in [-0.39, 0.29) is 24.8 Å². The molecule has 3 aliphatic heterocycles. The molecule has 9 heteroatoms. The monoisotopic (exact) mass is 480 g/mol. The van der Waals surface area contributed by atoms with Gasteiger partial charge in [-0.1, -0.05) is 11.6 Å². The Labute approximate surface area is 201 Å². The van der Waals surface area contributed by atoms with Crippen LogP contribution in [0.2, 0.25) is 5.02 Å². The molecule has 2 N–H and O–H groups in total. The van der Waals surface area contributed by atoms with Gasteiger partial charge in [-0.2, -0.15) is 0 Å². The minimum atomic E-state index is -0.487. The fourth-order valence-electron chi connectivity index (χ4n) is 5.17. The summed E-state index contributed by atoms with van der Waals surface area (Å²) >= 11 is 6.47. The molecule has 1 saturated heterocycles. The van der Waals surface area contributed by atoms with Gasteiger partial charge >= 0.3 is 5.97 Å². The Bertz CT molecular complexity index is 1410. The van der Waals surface area contributed by atoms with E-state index in [1.807, 2.05) is 19.1 Å². The first kappa shape index (κ1) is 21.6. The summed E-state index contributed by atoms with van der Waals surface area (Å²) in [7, 11) is 0. The first-order valence-corrected chi connectivity index (χ1v) is 11.9. The lowest BCUT2D eigenvalue weighted by Gasteiger charge is -2.31. The molecule has 5 heterocycles. The largest absolute Gasteiger partial charge is 0.481 e. The number of carbonyl (C=O) groups is 1. The molecule has 0 spiro atoms. The number of hydrogen-bond donors (Lipinski definition) is 1. The van der Waals surface area contributed by atoms with Crippen molar-refractivity contribution in [3.8, 4) is 17.1 Å². The standard InChI is InChI=1S/C25H25ClN4O4/c1-13-6-15-16(9-29-4-2-14(27)3-5-29)17-10-30-21(24(17)28-20(15)7-19(13)26)8-22-18(25(30)32)11-34-23(31)12-33-22/h6-8,14H,2-5,9-12,27H2,1H3. The van der Waals surface area contributed by atoms with Gasteiger partial charge in [0.25, 0.3) is 5.56 Å². The highest BCUT2D eigenvalue weighted by Crippen LogP contribution is 2.39. The van der Waals surface area contributed by atoms with Crippen LogP contribution in [0.3, 0.4) is 0 Å². The molecule has 0 amide bonds. The lowest BCUT2D eigenvalue weighted by molar-refractivity contribution is -0.146. The number of aryl methyl sites for hydroxylation is 1. The Balaban J connectivity index is 1.53. The predicted octanol–water partition coefficient (Wildman–Crippen LogP) is 2.75. The summed E-state index contributed by atoms with van der Waals surface area (Å²) in [5.41, 5.74) is 11.7. The van der Waals surface area contributed by atoms with Gasteiger partial charge in [0, 0.05) is 34.6 Å². The first-order chi connectivity index (χ1) is 16.4. The number of cyclic esters (lactones) is 1. The van der Waals surface area contributed by atoms with Crippen LogP contribution in [0.1, 0.15) is 35.1 Å². The van der Waals surface area contributed by atoms with Crippen LogP contribution in [0.25, 0.3) is 22.3 Å². The molecule has 6 rings (SSSR count). The highest BCUT2D eigenvalue weighted by atomic mass is 35.5. The number of ether oxygens (including phenoxy) is 2. The van der Waals surface area contributed by atoms with Crippen molar-refractivity contribution in [1.82, 2.24) is 14.5 Å². The third-order valence-corrected chi connectivity index (χ3v) is 7.55. The third kappa shape index (κ3) is 3.48. The van der Waals surface area contributed by atoms with Gasteiger partial charge in [-0.05, 0) is 56.1 Å². The lowest BCUT2D eigenvalue weighted by Crippen LogP contribution is -2.39. The highest BCUT2D eigenvalue weighted by molar-refractivity contribution is 6.32. The van der Waals surface area contributed by atoms with Gasteiger partial charge < -0.3 is 19.8 Å². The summed E-state index contributed by atoms with van der Waals surface area (Å²) in [6.45, 7) is 4.73. The van der Waals surface area contributed by atoms with Gasteiger partial charge in [0.2, 0.25) is 0 Å². The molecule has 0 aliphatic carbocycles. The van der Waals surface area contributed by atoms with E-state index >= 15 is 0 Å². The Morgan fingerprint density at radius 1 is 1.12 bits per heavy atom. The zero-order valence-electron chi connectivity index (χ0n) is 18.9.